The Morgan fingerprint density at radius 2 is 1.85 bits per heavy atom. The monoisotopic (exact) mass is 380 g/mol. The third kappa shape index (κ3) is 5.34. The Morgan fingerprint density at radius 1 is 1.15 bits per heavy atom. The predicted molar refractivity (Wildman–Crippen MR) is 99.0 cm³/mol. The Hall–Kier alpha value is -2.32. The molecule has 2 N–H and O–H groups in total. The highest BCUT2D eigenvalue weighted by molar-refractivity contribution is 7.89. The molecular formula is C18H24N2O5S. The number of rotatable bonds is 7. The first-order valence-corrected chi connectivity index (χ1v) is 9.78. The van der Waals surface area contributed by atoms with E-state index in [2.05, 4.69) is 10.0 Å². The molecule has 8 heteroatoms. The summed E-state index contributed by atoms with van der Waals surface area (Å²) in [5, 5.41) is 2.36. The molecule has 0 radical (unpaired) electrons. The van der Waals surface area contributed by atoms with Crippen molar-refractivity contribution in [2.24, 2.45) is 0 Å². The van der Waals surface area contributed by atoms with Crippen LogP contribution >= 0.6 is 0 Å². The second kappa shape index (κ2) is 7.92. The van der Waals surface area contributed by atoms with Crippen LogP contribution < -0.4 is 14.8 Å². The Labute approximate surface area is 153 Å². The summed E-state index contributed by atoms with van der Waals surface area (Å²) in [4.78, 5) is 12.4. The lowest BCUT2D eigenvalue weighted by Gasteiger charge is -2.18. The minimum Gasteiger partial charge on any atom is -0.491 e. The summed E-state index contributed by atoms with van der Waals surface area (Å²) in [5.41, 5.74) is -0.177. The van der Waals surface area contributed by atoms with Gasteiger partial charge in [0.05, 0.1) is 12.3 Å². The van der Waals surface area contributed by atoms with Gasteiger partial charge < -0.3 is 14.5 Å². The van der Waals surface area contributed by atoms with E-state index in [0.29, 0.717) is 18.0 Å². The highest BCUT2D eigenvalue weighted by Crippen LogP contribution is 2.25. The van der Waals surface area contributed by atoms with E-state index in [0.717, 1.165) is 6.42 Å². The maximum absolute atomic E-state index is 12.4. The zero-order chi connectivity index (χ0) is 19.4. The van der Waals surface area contributed by atoms with Gasteiger partial charge in [0.2, 0.25) is 5.09 Å². The second-order valence-corrected chi connectivity index (χ2v) is 8.39. The van der Waals surface area contributed by atoms with E-state index >= 15 is 0 Å². The van der Waals surface area contributed by atoms with Crippen molar-refractivity contribution in [2.75, 3.05) is 11.9 Å². The molecule has 0 spiro atoms. The fraction of sp³-hybridized carbons (Fsp3) is 0.389. The molecule has 0 saturated heterocycles. The average molecular weight is 380 g/mol. The van der Waals surface area contributed by atoms with Crippen molar-refractivity contribution in [1.29, 1.82) is 0 Å². The van der Waals surface area contributed by atoms with Gasteiger partial charge in [0.1, 0.15) is 5.75 Å². The van der Waals surface area contributed by atoms with E-state index < -0.39 is 21.5 Å². The Balaban J connectivity index is 2.16. The van der Waals surface area contributed by atoms with Crippen LogP contribution in [0, 0.1) is 0 Å². The molecule has 1 aromatic carbocycles. The lowest BCUT2D eigenvalue weighted by Crippen LogP contribution is -2.40. The molecule has 0 bridgehead atoms. The third-order valence-electron chi connectivity index (χ3n) is 3.11. The van der Waals surface area contributed by atoms with Crippen LogP contribution in [0.1, 0.15) is 44.7 Å². The van der Waals surface area contributed by atoms with Crippen LogP contribution in [0.25, 0.3) is 0 Å². The van der Waals surface area contributed by atoms with Crippen LogP contribution in [0.3, 0.4) is 0 Å². The second-order valence-electron chi connectivity index (χ2n) is 6.77. The van der Waals surface area contributed by atoms with Gasteiger partial charge in [0.15, 0.2) is 5.76 Å². The summed E-state index contributed by atoms with van der Waals surface area (Å²) in [6.45, 7) is 7.66. The molecule has 0 unspecified atom stereocenters. The highest BCUT2D eigenvalue weighted by Gasteiger charge is 2.26. The van der Waals surface area contributed by atoms with E-state index in [9.17, 15) is 13.2 Å². The number of furan rings is 1. The number of hydrogen-bond acceptors (Lipinski definition) is 5. The quantitative estimate of drug-likeness (QED) is 0.767. The van der Waals surface area contributed by atoms with E-state index in [1.54, 1.807) is 45.0 Å². The average Bonchev–Trinajstić information content (AvgIpc) is 3.03. The van der Waals surface area contributed by atoms with Gasteiger partial charge in [-0.25, -0.2) is 13.1 Å². The molecular weight excluding hydrogens is 356 g/mol. The molecule has 0 saturated carbocycles. The first-order valence-electron chi connectivity index (χ1n) is 8.29. The topological polar surface area (TPSA) is 97.6 Å². The van der Waals surface area contributed by atoms with Gasteiger partial charge >= 0.3 is 0 Å². The highest BCUT2D eigenvalue weighted by atomic mass is 32.2. The molecule has 7 nitrogen and oxygen atoms in total. The Bertz CT molecular complexity index is 866. The van der Waals surface area contributed by atoms with Crippen molar-refractivity contribution in [1.82, 2.24) is 4.72 Å². The number of carbonyl (C=O) groups excluding carboxylic acids is 1. The molecule has 142 valence electrons. The van der Waals surface area contributed by atoms with Gasteiger partial charge in [0.25, 0.3) is 15.9 Å². The van der Waals surface area contributed by atoms with Crippen LogP contribution in [0.2, 0.25) is 0 Å². The molecule has 1 aromatic heterocycles. The molecule has 0 fully saturated rings. The maximum Gasteiger partial charge on any atom is 0.291 e. The fourth-order valence-corrected chi connectivity index (χ4v) is 3.49. The molecule has 0 atom stereocenters. The van der Waals surface area contributed by atoms with Gasteiger partial charge in [-0.3, -0.25) is 4.79 Å². The number of amides is 1. The van der Waals surface area contributed by atoms with Crippen LogP contribution in [0.5, 0.6) is 5.75 Å². The van der Waals surface area contributed by atoms with Gasteiger partial charge in [-0.15, -0.1) is 0 Å². The third-order valence-corrected chi connectivity index (χ3v) is 4.74. The summed E-state index contributed by atoms with van der Waals surface area (Å²) in [5.74, 6) is -0.129. The summed E-state index contributed by atoms with van der Waals surface area (Å²) >= 11 is 0. The van der Waals surface area contributed by atoms with Crippen molar-refractivity contribution in [3.8, 4) is 5.75 Å². The number of anilines is 1. The molecule has 2 rings (SSSR count). The lowest BCUT2D eigenvalue weighted by molar-refractivity contribution is 0.0991. The molecule has 0 aliphatic carbocycles. The van der Waals surface area contributed by atoms with E-state index in [1.165, 1.54) is 12.1 Å². The van der Waals surface area contributed by atoms with Crippen molar-refractivity contribution >= 4 is 21.6 Å². The Kier molecular flexibility index (Phi) is 6.09. The fourth-order valence-electron chi connectivity index (χ4n) is 2.13. The number of sulfonamides is 1. The number of benzene rings is 1. The van der Waals surface area contributed by atoms with Crippen LogP contribution in [0.15, 0.2) is 45.9 Å². The minimum atomic E-state index is -3.85. The number of nitrogens with one attached hydrogen (secondary N) is 2. The molecule has 2 aromatic rings. The molecule has 0 aliphatic heterocycles. The van der Waals surface area contributed by atoms with Crippen molar-refractivity contribution in [2.45, 2.75) is 44.7 Å². The number of ether oxygens (including phenoxy) is 1. The summed E-state index contributed by atoms with van der Waals surface area (Å²) in [7, 11) is -3.85. The first kappa shape index (κ1) is 20.0. The lowest BCUT2D eigenvalue weighted by atomic mass is 10.1. The smallest absolute Gasteiger partial charge is 0.291 e. The molecule has 26 heavy (non-hydrogen) atoms. The van der Waals surface area contributed by atoms with Crippen molar-refractivity contribution in [3.63, 3.8) is 0 Å². The maximum atomic E-state index is 12.4. The molecule has 0 aliphatic rings. The normalized spacial score (nSPS) is 12.0. The van der Waals surface area contributed by atoms with Gasteiger partial charge in [-0.05, 0) is 51.5 Å². The predicted octanol–water partition coefficient (Wildman–Crippen LogP) is 3.40. The van der Waals surface area contributed by atoms with Crippen molar-refractivity contribution in [3.05, 3.63) is 42.2 Å². The van der Waals surface area contributed by atoms with E-state index in [1.807, 2.05) is 6.92 Å². The largest absolute Gasteiger partial charge is 0.491 e. The Morgan fingerprint density at radius 3 is 2.50 bits per heavy atom. The number of hydrogen-bond donors (Lipinski definition) is 2. The van der Waals surface area contributed by atoms with Gasteiger partial charge in [0, 0.05) is 5.54 Å². The molecule has 1 amide bonds. The summed E-state index contributed by atoms with van der Waals surface area (Å²) in [6, 6.07) is 9.59. The first-order chi connectivity index (χ1) is 12.1. The van der Waals surface area contributed by atoms with E-state index in [4.69, 9.17) is 9.15 Å². The summed E-state index contributed by atoms with van der Waals surface area (Å²) < 4.78 is 37.8. The zero-order valence-corrected chi connectivity index (χ0v) is 16.1. The zero-order valence-electron chi connectivity index (χ0n) is 15.3. The van der Waals surface area contributed by atoms with Gasteiger partial charge in [-0.1, -0.05) is 19.1 Å². The molecule has 1 heterocycles. The number of para-hydroxylation sites is 2. The van der Waals surface area contributed by atoms with Crippen LogP contribution in [-0.4, -0.2) is 26.5 Å². The van der Waals surface area contributed by atoms with E-state index in [-0.39, 0.29) is 10.9 Å². The van der Waals surface area contributed by atoms with Crippen LogP contribution in [-0.2, 0) is 10.0 Å². The van der Waals surface area contributed by atoms with Crippen molar-refractivity contribution < 1.29 is 22.4 Å². The van der Waals surface area contributed by atoms with Gasteiger partial charge in [-0.2, -0.15) is 0 Å². The van der Waals surface area contributed by atoms with Crippen LogP contribution in [0.4, 0.5) is 5.69 Å². The number of carbonyl (C=O) groups is 1. The summed E-state index contributed by atoms with van der Waals surface area (Å²) in [6.07, 6.45) is 0.836. The SMILES string of the molecule is CCCOc1ccccc1NC(=O)c1ccc(S(=O)(=O)NC(C)(C)C)o1. The standard InChI is InChI=1S/C18H24N2O5S/c1-5-12-24-14-9-7-6-8-13(14)19-17(21)15-10-11-16(25-15)26(22,23)20-18(2,3)4/h6-11,20H,5,12H2,1-4H3,(H,19,21). The minimum absolute atomic E-state index is 0.107.